The SMILES string of the molecule is CCn1cc([C@H]2OCC[C@@H]2NS(=O)(=O)c2ccc(C#N)cc2F)cn1. The van der Waals surface area contributed by atoms with Crippen molar-refractivity contribution in [2.24, 2.45) is 0 Å². The Hall–Kier alpha value is -2.28. The maximum absolute atomic E-state index is 14.1. The van der Waals surface area contributed by atoms with E-state index in [4.69, 9.17) is 10.00 Å². The van der Waals surface area contributed by atoms with Crippen LogP contribution in [0.4, 0.5) is 4.39 Å². The van der Waals surface area contributed by atoms with Gasteiger partial charge in [-0.05, 0) is 31.5 Å². The quantitative estimate of drug-likeness (QED) is 0.871. The van der Waals surface area contributed by atoms with Crippen molar-refractivity contribution >= 4 is 10.0 Å². The topological polar surface area (TPSA) is 97.0 Å². The van der Waals surface area contributed by atoms with E-state index in [2.05, 4.69) is 9.82 Å². The third kappa shape index (κ3) is 3.56. The first-order chi connectivity index (χ1) is 11.9. The maximum atomic E-state index is 14.1. The average Bonchev–Trinajstić information content (AvgIpc) is 3.22. The highest BCUT2D eigenvalue weighted by atomic mass is 32.2. The molecule has 0 aliphatic carbocycles. The van der Waals surface area contributed by atoms with Crippen molar-refractivity contribution < 1.29 is 17.5 Å². The van der Waals surface area contributed by atoms with Crippen molar-refractivity contribution in [1.29, 1.82) is 5.26 Å². The molecule has 2 aromatic rings. The molecule has 0 unspecified atom stereocenters. The Balaban J connectivity index is 1.83. The molecular weight excluding hydrogens is 347 g/mol. The molecule has 25 heavy (non-hydrogen) atoms. The number of aryl methyl sites for hydroxylation is 1. The van der Waals surface area contributed by atoms with Gasteiger partial charge in [0.05, 0.1) is 23.9 Å². The van der Waals surface area contributed by atoms with E-state index in [1.165, 1.54) is 6.07 Å². The summed E-state index contributed by atoms with van der Waals surface area (Å²) in [4.78, 5) is -0.485. The Morgan fingerprint density at radius 2 is 2.32 bits per heavy atom. The van der Waals surface area contributed by atoms with Crippen LogP contribution in [-0.2, 0) is 21.3 Å². The molecule has 2 heterocycles. The van der Waals surface area contributed by atoms with Gasteiger partial charge in [0.25, 0.3) is 0 Å². The highest BCUT2D eigenvalue weighted by Gasteiger charge is 2.35. The summed E-state index contributed by atoms with van der Waals surface area (Å²) in [6.07, 6.45) is 3.44. The first-order valence-corrected chi connectivity index (χ1v) is 9.29. The minimum absolute atomic E-state index is 0.0607. The maximum Gasteiger partial charge on any atom is 0.243 e. The van der Waals surface area contributed by atoms with Crippen molar-refractivity contribution in [3.8, 4) is 6.07 Å². The molecule has 1 N–H and O–H groups in total. The summed E-state index contributed by atoms with van der Waals surface area (Å²) < 4.78 is 49.0. The molecule has 1 aromatic heterocycles. The van der Waals surface area contributed by atoms with E-state index in [1.54, 1.807) is 23.1 Å². The van der Waals surface area contributed by atoms with Gasteiger partial charge in [-0.2, -0.15) is 10.4 Å². The number of sulfonamides is 1. The number of ether oxygens (including phenoxy) is 1. The normalized spacial score (nSPS) is 20.5. The molecule has 1 saturated heterocycles. The van der Waals surface area contributed by atoms with Crippen LogP contribution in [0.3, 0.4) is 0 Å². The molecule has 7 nitrogen and oxygen atoms in total. The highest BCUT2D eigenvalue weighted by molar-refractivity contribution is 7.89. The van der Waals surface area contributed by atoms with Gasteiger partial charge in [-0.3, -0.25) is 4.68 Å². The van der Waals surface area contributed by atoms with E-state index in [0.29, 0.717) is 19.6 Å². The third-order valence-electron chi connectivity index (χ3n) is 4.05. The molecule has 0 spiro atoms. The standard InChI is InChI=1S/C16H17FN4O3S/c1-2-21-10-12(9-19-21)16-14(5-6-24-16)20-25(22,23)15-4-3-11(8-18)7-13(15)17/h3-4,7,9-10,14,16,20H,2,5-6H2,1H3/t14-,16+/m0/s1. The van der Waals surface area contributed by atoms with E-state index in [0.717, 1.165) is 17.7 Å². The van der Waals surface area contributed by atoms with Crippen LogP contribution in [0.2, 0.25) is 0 Å². The summed E-state index contributed by atoms with van der Waals surface area (Å²) in [5, 5.41) is 12.9. The first kappa shape index (κ1) is 17.5. The summed E-state index contributed by atoms with van der Waals surface area (Å²) in [5.41, 5.74) is 0.831. The van der Waals surface area contributed by atoms with Crippen molar-refractivity contribution in [2.75, 3.05) is 6.61 Å². The Kier molecular flexibility index (Phi) is 4.85. The number of hydrogen-bond donors (Lipinski definition) is 1. The van der Waals surface area contributed by atoms with E-state index >= 15 is 0 Å². The number of benzene rings is 1. The molecule has 0 amide bonds. The van der Waals surface area contributed by atoms with Crippen molar-refractivity contribution in [2.45, 2.75) is 36.9 Å². The van der Waals surface area contributed by atoms with Crippen molar-refractivity contribution in [3.63, 3.8) is 0 Å². The monoisotopic (exact) mass is 364 g/mol. The van der Waals surface area contributed by atoms with Crippen LogP contribution in [-0.4, -0.2) is 30.8 Å². The van der Waals surface area contributed by atoms with E-state index in [-0.39, 0.29) is 5.56 Å². The highest BCUT2D eigenvalue weighted by Crippen LogP contribution is 2.30. The third-order valence-corrected chi connectivity index (χ3v) is 5.58. The van der Waals surface area contributed by atoms with E-state index in [9.17, 15) is 12.8 Å². The second-order valence-corrected chi connectivity index (χ2v) is 7.38. The number of halogens is 1. The minimum Gasteiger partial charge on any atom is -0.372 e. The Morgan fingerprint density at radius 1 is 1.52 bits per heavy atom. The number of aromatic nitrogens is 2. The van der Waals surface area contributed by atoms with Crippen molar-refractivity contribution in [1.82, 2.24) is 14.5 Å². The van der Waals surface area contributed by atoms with Gasteiger partial charge in [0, 0.05) is 24.9 Å². The van der Waals surface area contributed by atoms with E-state index < -0.39 is 32.9 Å². The molecule has 0 bridgehead atoms. The molecular formula is C16H17FN4O3S. The summed E-state index contributed by atoms with van der Waals surface area (Å²) in [6.45, 7) is 3.03. The molecule has 0 saturated carbocycles. The second-order valence-electron chi connectivity index (χ2n) is 5.69. The van der Waals surface area contributed by atoms with Gasteiger partial charge in [0.1, 0.15) is 16.8 Å². The van der Waals surface area contributed by atoms with Gasteiger partial charge < -0.3 is 4.74 Å². The fourth-order valence-electron chi connectivity index (χ4n) is 2.79. The largest absolute Gasteiger partial charge is 0.372 e. The van der Waals surface area contributed by atoms with Gasteiger partial charge in [0.2, 0.25) is 10.0 Å². The zero-order valence-corrected chi connectivity index (χ0v) is 14.3. The number of hydrogen-bond acceptors (Lipinski definition) is 5. The van der Waals surface area contributed by atoms with Crippen LogP contribution in [0.1, 0.15) is 30.6 Å². The van der Waals surface area contributed by atoms with Crippen LogP contribution in [0.25, 0.3) is 0 Å². The zero-order chi connectivity index (χ0) is 18.0. The average molecular weight is 364 g/mol. The van der Waals surface area contributed by atoms with Crippen LogP contribution in [0, 0.1) is 17.1 Å². The molecule has 1 fully saturated rings. The van der Waals surface area contributed by atoms with Gasteiger partial charge in [-0.15, -0.1) is 0 Å². The lowest BCUT2D eigenvalue weighted by molar-refractivity contribution is 0.102. The lowest BCUT2D eigenvalue weighted by Crippen LogP contribution is -2.37. The summed E-state index contributed by atoms with van der Waals surface area (Å²) >= 11 is 0. The fourth-order valence-corrected chi connectivity index (χ4v) is 4.12. The molecule has 3 rings (SSSR count). The van der Waals surface area contributed by atoms with Crippen LogP contribution >= 0.6 is 0 Å². The first-order valence-electron chi connectivity index (χ1n) is 7.80. The Morgan fingerprint density at radius 3 is 2.96 bits per heavy atom. The molecule has 0 radical (unpaired) electrons. The fraction of sp³-hybridized carbons (Fsp3) is 0.375. The second kappa shape index (κ2) is 6.92. The number of rotatable bonds is 5. The summed E-state index contributed by atoms with van der Waals surface area (Å²) in [5.74, 6) is -0.958. The van der Waals surface area contributed by atoms with Crippen LogP contribution < -0.4 is 4.72 Å². The van der Waals surface area contributed by atoms with Gasteiger partial charge in [-0.1, -0.05) is 0 Å². The van der Waals surface area contributed by atoms with E-state index in [1.807, 2.05) is 6.92 Å². The predicted octanol–water partition coefficient (Wildman–Crippen LogP) is 1.72. The van der Waals surface area contributed by atoms with Crippen LogP contribution in [0.5, 0.6) is 0 Å². The molecule has 1 aromatic carbocycles. The molecule has 1 aliphatic heterocycles. The Bertz CT molecular complexity index is 920. The van der Waals surface area contributed by atoms with Crippen molar-refractivity contribution in [3.05, 3.63) is 47.5 Å². The number of nitrogens with one attached hydrogen (secondary N) is 1. The molecule has 9 heteroatoms. The lowest BCUT2D eigenvalue weighted by Gasteiger charge is -2.19. The number of nitriles is 1. The summed E-state index contributed by atoms with van der Waals surface area (Å²) in [7, 11) is -4.08. The minimum atomic E-state index is -4.08. The lowest BCUT2D eigenvalue weighted by atomic mass is 10.1. The summed E-state index contributed by atoms with van der Waals surface area (Å²) in [6, 6.07) is 4.52. The van der Waals surface area contributed by atoms with Gasteiger partial charge in [0.15, 0.2) is 0 Å². The predicted molar refractivity (Wildman–Crippen MR) is 86.4 cm³/mol. The zero-order valence-electron chi connectivity index (χ0n) is 13.5. The van der Waals surface area contributed by atoms with Gasteiger partial charge >= 0.3 is 0 Å². The smallest absolute Gasteiger partial charge is 0.243 e. The number of nitrogens with zero attached hydrogens (tertiary/aromatic N) is 3. The van der Waals surface area contributed by atoms with Gasteiger partial charge in [-0.25, -0.2) is 17.5 Å². The molecule has 2 atom stereocenters. The molecule has 132 valence electrons. The molecule has 1 aliphatic rings. The van der Waals surface area contributed by atoms with Crippen LogP contribution in [0.15, 0.2) is 35.5 Å². The Labute approximate surface area is 145 Å².